The first-order valence-electron chi connectivity index (χ1n) is 5.78. The largest absolute Gasteiger partial charge is 0.351 e. The maximum atomic E-state index is 13.1. The van der Waals surface area contributed by atoms with Gasteiger partial charge in [-0.3, -0.25) is 4.98 Å². The molecule has 2 aromatic rings. The van der Waals surface area contributed by atoms with E-state index in [-0.39, 0.29) is 0 Å². The van der Waals surface area contributed by atoms with Crippen molar-refractivity contribution in [1.82, 2.24) is 15.0 Å². The first-order valence-corrected chi connectivity index (χ1v) is 5.78. The van der Waals surface area contributed by atoms with Gasteiger partial charge in [-0.2, -0.15) is 9.65 Å². The molecule has 0 saturated heterocycles. The van der Waals surface area contributed by atoms with Crippen molar-refractivity contribution in [2.75, 3.05) is 11.4 Å². The molecule has 0 amide bonds. The van der Waals surface area contributed by atoms with Crippen LogP contribution < -0.4 is 4.90 Å². The zero-order valence-corrected chi connectivity index (χ0v) is 10.2. The second-order valence-corrected chi connectivity index (χ2v) is 3.89. The molecule has 0 aliphatic carbocycles. The summed E-state index contributed by atoms with van der Waals surface area (Å²) in [4.78, 5) is 13.3. The number of hydrogen-bond acceptors (Lipinski definition) is 5. The molecule has 0 unspecified atom stereocenters. The highest BCUT2D eigenvalue weighted by Gasteiger charge is 2.10. The summed E-state index contributed by atoms with van der Waals surface area (Å²) in [6, 6.07) is 7.08. The highest BCUT2D eigenvalue weighted by Crippen LogP contribution is 2.14. The van der Waals surface area contributed by atoms with Crippen molar-refractivity contribution in [3.63, 3.8) is 0 Å². The molecule has 0 spiro atoms. The molecule has 0 saturated carbocycles. The van der Waals surface area contributed by atoms with Gasteiger partial charge in [0.1, 0.15) is 12.1 Å². The number of anilines is 1. The van der Waals surface area contributed by atoms with E-state index in [1.807, 2.05) is 17.0 Å². The van der Waals surface area contributed by atoms with Gasteiger partial charge in [0.25, 0.3) is 0 Å². The molecular formula is C13H12FN5. The van der Waals surface area contributed by atoms with Crippen LogP contribution in [0.2, 0.25) is 0 Å². The van der Waals surface area contributed by atoms with E-state index in [0.29, 0.717) is 25.3 Å². The third kappa shape index (κ3) is 3.71. The van der Waals surface area contributed by atoms with E-state index in [0.717, 1.165) is 5.56 Å². The van der Waals surface area contributed by atoms with Gasteiger partial charge in [-0.1, -0.05) is 6.07 Å². The second-order valence-electron chi connectivity index (χ2n) is 3.89. The van der Waals surface area contributed by atoms with E-state index in [2.05, 4.69) is 21.0 Å². The van der Waals surface area contributed by atoms with Crippen LogP contribution in [0.4, 0.5) is 10.2 Å². The van der Waals surface area contributed by atoms with Crippen LogP contribution in [0.5, 0.6) is 0 Å². The van der Waals surface area contributed by atoms with Gasteiger partial charge in [-0.05, 0) is 11.6 Å². The molecule has 0 bridgehead atoms. The third-order valence-corrected chi connectivity index (χ3v) is 2.53. The summed E-state index contributed by atoms with van der Waals surface area (Å²) >= 11 is 0. The Kier molecular flexibility index (Phi) is 4.34. The van der Waals surface area contributed by atoms with E-state index < -0.39 is 5.95 Å². The van der Waals surface area contributed by atoms with Crippen LogP contribution in [0.25, 0.3) is 0 Å². The molecule has 0 radical (unpaired) electrons. The third-order valence-electron chi connectivity index (χ3n) is 2.53. The van der Waals surface area contributed by atoms with Crippen LogP contribution in [0.1, 0.15) is 12.0 Å². The van der Waals surface area contributed by atoms with Crippen molar-refractivity contribution in [3.05, 3.63) is 48.4 Å². The summed E-state index contributed by atoms with van der Waals surface area (Å²) < 4.78 is 13.1. The summed E-state index contributed by atoms with van der Waals surface area (Å²) in [6.07, 6.45) is 4.93. The maximum absolute atomic E-state index is 13.1. The molecule has 5 nitrogen and oxygen atoms in total. The lowest BCUT2D eigenvalue weighted by Crippen LogP contribution is -2.25. The molecule has 0 aliphatic heterocycles. The average molecular weight is 257 g/mol. The van der Waals surface area contributed by atoms with Crippen LogP contribution in [0.3, 0.4) is 0 Å². The van der Waals surface area contributed by atoms with Gasteiger partial charge in [0.15, 0.2) is 0 Å². The van der Waals surface area contributed by atoms with Crippen molar-refractivity contribution < 1.29 is 4.39 Å². The predicted octanol–water partition coefficient (Wildman–Crippen LogP) is 1.93. The molecule has 0 aliphatic rings. The number of nitrogens with zero attached hydrogens (tertiary/aromatic N) is 5. The minimum Gasteiger partial charge on any atom is -0.351 e. The van der Waals surface area contributed by atoms with Gasteiger partial charge >= 0.3 is 0 Å². The molecule has 2 aromatic heterocycles. The Morgan fingerprint density at radius 1 is 1.37 bits per heavy atom. The molecule has 6 heteroatoms. The number of aromatic nitrogens is 3. The fraction of sp³-hybridized carbons (Fsp3) is 0.231. The molecule has 0 fully saturated rings. The van der Waals surface area contributed by atoms with Crippen LogP contribution in [-0.4, -0.2) is 21.5 Å². The van der Waals surface area contributed by atoms with E-state index in [1.54, 1.807) is 12.4 Å². The van der Waals surface area contributed by atoms with Crippen molar-refractivity contribution in [2.24, 2.45) is 0 Å². The Labute approximate surface area is 110 Å². The zero-order valence-electron chi connectivity index (χ0n) is 10.2. The number of rotatable bonds is 5. The molecule has 19 heavy (non-hydrogen) atoms. The van der Waals surface area contributed by atoms with Crippen LogP contribution in [0.15, 0.2) is 36.9 Å². The first-order chi connectivity index (χ1) is 9.29. The second kappa shape index (κ2) is 6.40. The van der Waals surface area contributed by atoms with Gasteiger partial charge in [0, 0.05) is 31.5 Å². The van der Waals surface area contributed by atoms with E-state index >= 15 is 0 Å². The molecule has 0 aromatic carbocycles. The van der Waals surface area contributed by atoms with Crippen LogP contribution in [0, 0.1) is 17.3 Å². The lowest BCUT2D eigenvalue weighted by atomic mass is 10.2. The fourth-order valence-electron chi connectivity index (χ4n) is 1.67. The van der Waals surface area contributed by atoms with Crippen molar-refractivity contribution >= 4 is 5.82 Å². The highest BCUT2D eigenvalue weighted by molar-refractivity contribution is 5.38. The highest BCUT2D eigenvalue weighted by atomic mass is 19.1. The zero-order chi connectivity index (χ0) is 13.5. The van der Waals surface area contributed by atoms with Gasteiger partial charge in [0.2, 0.25) is 5.95 Å². The number of pyridine rings is 1. The SMILES string of the molecule is N#CCCN(Cc1cccnc1)c1cc(F)ncn1. The van der Waals surface area contributed by atoms with E-state index in [4.69, 9.17) is 5.26 Å². The number of nitriles is 1. The Morgan fingerprint density at radius 3 is 2.95 bits per heavy atom. The Hall–Kier alpha value is -2.55. The topological polar surface area (TPSA) is 65.7 Å². The van der Waals surface area contributed by atoms with Gasteiger partial charge in [-0.25, -0.2) is 9.97 Å². The normalized spacial score (nSPS) is 9.89. The molecular weight excluding hydrogens is 245 g/mol. The Bertz CT molecular complexity index is 567. The molecule has 0 atom stereocenters. The molecule has 2 heterocycles. The lowest BCUT2D eigenvalue weighted by molar-refractivity contribution is 0.577. The van der Waals surface area contributed by atoms with Gasteiger partial charge in [0.05, 0.1) is 12.5 Å². The van der Waals surface area contributed by atoms with Crippen molar-refractivity contribution in [2.45, 2.75) is 13.0 Å². The van der Waals surface area contributed by atoms with Crippen molar-refractivity contribution in [3.8, 4) is 6.07 Å². The summed E-state index contributed by atoms with van der Waals surface area (Å²) in [7, 11) is 0. The fourth-order valence-corrected chi connectivity index (χ4v) is 1.67. The first kappa shape index (κ1) is 12.9. The summed E-state index contributed by atoms with van der Waals surface area (Å²) in [5, 5.41) is 8.69. The minimum atomic E-state index is -0.585. The monoisotopic (exact) mass is 257 g/mol. The van der Waals surface area contributed by atoms with Crippen molar-refractivity contribution in [1.29, 1.82) is 5.26 Å². The van der Waals surface area contributed by atoms with Crippen LogP contribution >= 0.6 is 0 Å². The number of halogens is 1. The van der Waals surface area contributed by atoms with E-state index in [1.165, 1.54) is 12.4 Å². The average Bonchev–Trinajstić information content (AvgIpc) is 2.44. The van der Waals surface area contributed by atoms with Gasteiger partial charge in [-0.15, -0.1) is 0 Å². The minimum absolute atomic E-state index is 0.339. The lowest BCUT2D eigenvalue weighted by Gasteiger charge is -2.22. The van der Waals surface area contributed by atoms with Gasteiger partial charge < -0.3 is 4.90 Å². The molecule has 96 valence electrons. The summed E-state index contributed by atoms with van der Waals surface area (Å²) in [5.41, 5.74) is 0.972. The summed E-state index contributed by atoms with van der Waals surface area (Å²) in [5.74, 6) is -0.121. The Morgan fingerprint density at radius 2 is 2.26 bits per heavy atom. The quantitative estimate of drug-likeness (QED) is 0.766. The van der Waals surface area contributed by atoms with Crippen LogP contribution in [-0.2, 0) is 6.54 Å². The molecule has 0 N–H and O–H groups in total. The van der Waals surface area contributed by atoms with E-state index in [9.17, 15) is 4.39 Å². The smallest absolute Gasteiger partial charge is 0.218 e. The maximum Gasteiger partial charge on any atom is 0.218 e. The standard InChI is InChI=1S/C13H12FN5/c14-12-7-13(18-10-17-12)19(6-2-4-15)9-11-3-1-5-16-8-11/h1,3,5,7-8,10H,2,6,9H2. The summed E-state index contributed by atoms with van der Waals surface area (Å²) in [6.45, 7) is 0.994. The Balaban J connectivity index is 2.19. The predicted molar refractivity (Wildman–Crippen MR) is 67.5 cm³/mol. The molecule has 2 rings (SSSR count). The number of hydrogen-bond donors (Lipinski definition) is 0.